The number of benzene rings is 1. The molecule has 1 unspecified atom stereocenters. The van der Waals surface area contributed by atoms with Gasteiger partial charge in [-0.05, 0) is 50.2 Å². The van der Waals surface area contributed by atoms with Crippen LogP contribution in [0.5, 0.6) is 5.88 Å². The smallest absolute Gasteiger partial charge is 0.315 e. The Morgan fingerprint density at radius 2 is 2.03 bits per heavy atom. The molecular weight excluding hydrogens is 398 g/mol. The number of hydrogen-bond donors (Lipinski definition) is 4. The van der Waals surface area contributed by atoms with Gasteiger partial charge >= 0.3 is 6.03 Å². The molecule has 1 fully saturated rings. The third-order valence-corrected chi connectivity index (χ3v) is 5.71. The molecule has 2 aromatic rings. The molecule has 4 amide bonds. The molecule has 0 bridgehead atoms. The van der Waals surface area contributed by atoms with E-state index in [0.29, 0.717) is 24.9 Å². The van der Waals surface area contributed by atoms with E-state index in [1.54, 1.807) is 12.3 Å². The summed E-state index contributed by atoms with van der Waals surface area (Å²) in [5.74, 6) is -0.710. The van der Waals surface area contributed by atoms with Crippen LogP contribution in [0, 0.1) is 0 Å². The van der Waals surface area contributed by atoms with E-state index in [0.717, 1.165) is 37.0 Å². The number of fused-ring (bicyclic) bond motifs is 1. The number of nitrogens with one attached hydrogen (secondary N) is 3. The molecule has 0 spiro atoms. The van der Waals surface area contributed by atoms with Crippen LogP contribution < -0.4 is 16.0 Å². The number of carbonyl (C=O) groups is 3. The van der Waals surface area contributed by atoms with Gasteiger partial charge in [-0.15, -0.1) is 0 Å². The fourth-order valence-electron chi connectivity index (χ4n) is 3.86. The number of hydrogen-bond acceptors (Lipinski definition) is 5. The Labute approximate surface area is 181 Å². The SMILES string of the molecule is CCN(CC)CCCNC(=O)NCc1ccc2c(O)n(C3CCC(=O)NC3=O)cc2c1. The third kappa shape index (κ3) is 5.55. The Hall–Kier alpha value is -3.07. The zero-order chi connectivity index (χ0) is 22.4. The number of aromatic nitrogens is 1. The Balaban J connectivity index is 1.56. The summed E-state index contributed by atoms with van der Waals surface area (Å²) in [6.07, 6.45) is 3.20. The molecule has 1 aromatic carbocycles. The van der Waals surface area contributed by atoms with E-state index >= 15 is 0 Å². The second-order valence-electron chi connectivity index (χ2n) is 7.74. The number of urea groups is 1. The predicted molar refractivity (Wildman–Crippen MR) is 118 cm³/mol. The van der Waals surface area contributed by atoms with E-state index in [1.807, 2.05) is 12.1 Å². The van der Waals surface area contributed by atoms with Crippen LogP contribution in [0.3, 0.4) is 0 Å². The van der Waals surface area contributed by atoms with E-state index in [-0.39, 0.29) is 24.2 Å². The minimum Gasteiger partial charge on any atom is -0.494 e. The van der Waals surface area contributed by atoms with Crippen molar-refractivity contribution in [3.05, 3.63) is 30.0 Å². The Morgan fingerprint density at radius 1 is 1.26 bits per heavy atom. The van der Waals surface area contributed by atoms with Gasteiger partial charge in [-0.3, -0.25) is 14.9 Å². The van der Waals surface area contributed by atoms with Crippen LogP contribution in [0.4, 0.5) is 4.79 Å². The topological polar surface area (TPSA) is 116 Å². The molecule has 3 rings (SSSR count). The maximum atomic E-state index is 12.1. The number of nitrogens with zero attached hydrogens (tertiary/aromatic N) is 2. The van der Waals surface area contributed by atoms with Gasteiger partial charge in [-0.2, -0.15) is 0 Å². The number of imide groups is 1. The van der Waals surface area contributed by atoms with Crippen LogP contribution >= 0.6 is 0 Å². The van der Waals surface area contributed by atoms with Crippen LogP contribution in [0.1, 0.15) is 44.7 Å². The van der Waals surface area contributed by atoms with E-state index in [1.165, 1.54) is 4.57 Å². The number of amides is 4. The van der Waals surface area contributed by atoms with Gasteiger partial charge in [0.25, 0.3) is 0 Å². The average Bonchev–Trinajstić information content (AvgIpc) is 3.08. The lowest BCUT2D eigenvalue weighted by Crippen LogP contribution is -2.41. The summed E-state index contributed by atoms with van der Waals surface area (Å²) in [4.78, 5) is 37.9. The van der Waals surface area contributed by atoms with Crippen molar-refractivity contribution in [3.8, 4) is 5.88 Å². The molecule has 168 valence electrons. The van der Waals surface area contributed by atoms with Crippen LogP contribution in [-0.2, 0) is 16.1 Å². The number of aromatic hydroxyl groups is 1. The first-order chi connectivity index (χ1) is 14.9. The lowest BCUT2D eigenvalue weighted by molar-refractivity contribution is -0.135. The van der Waals surface area contributed by atoms with E-state index < -0.39 is 11.9 Å². The lowest BCUT2D eigenvalue weighted by Gasteiger charge is -2.22. The van der Waals surface area contributed by atoms with Gasteiger partial charge < -0.3 is 25.2 Å². The third-order valence-electron chi connectivity index (χ3n) is 5.71. The molecule has 0 saturated carbocycles. The highest BCUT2D eigenvalue weighted by Crippen LogP contribution is 2.33. The van der Waals surface area contributed by atoms with Crippen LogP contribution in [-0.4, -0.2) is 58.6 Å². The lowest BCUT2D eigenvalue weighted by atomic mass is 10.1. The zero-order valence-electron chi connectivity index (χ0n) is 18.1. The second-order valence-corrected chi connectivity index (χ2v) is 7.74. The van der Waals surface area contributed by atoms with Crippen molar-refractivity contribution in [1.29, 1.82) is 0 Å². The first kappa shape index (κ1) is 22.6. The summed E-state index contributed by atoms with van der Waals surface area (Å²) in [5.41, 5.74) is 0.881. The molecule has 1 atom stereocenters. The molecule has 0 aliphatic carbocycles. The van der Waals surface area contributed by atoms with Crippen molar-refractivity contribution in [2.45, 2.75) is 45.7 Å². The summed E-state index contributed by atoms with van der Waals surface area (Å²) < 4.78 is 1.51. The van der Waals surface area contributed by atoms with Crippen LogP contribution in [0.2, 0.25) is 0 Å². The van der Waals surface area contributed by atoms with Crippen molar-refractivity contribution in [1.82, 2.24) is 25.4 Å². The molecule has 1 aliphatic rings. The van der Waals surface area contributed by atoms with Gasteiger partial charge in [0.2, 0.25) is 11.8 Å². The number of rotatable bonds is 9. The zero-order valence-corrected chi connectivity index (χ0v) is 18.1. The van der Waals surface area contributed by atoms with E-state index in [9.17, 15) is 19.5 Å². The Kier molecular flexibility index (Phi) is 7.51. The van der Waals surface area contributed by atoms with Gasteiger partial charge in [-0.1, -0.05) is 19.9 Å². The van der Waals surface area contributed by atoms with Crippen LogP contribution in [0.15, 0.2) is 24.4 Å². The van der Waals surface area contributed by atoms with Crippen molar-refractivity contribution >= 4 is 28.6 Å². The quantitative estimate of drug-likeness (QED) is 0.359. The Morgan fingerprint density at radius 3 is 2.74 bits per heavy atom. The second kappa shape index (κ2) is 10.3. The molecule has 0 radical (unpaired) electrons. The van der Waals surface area contributed by atoms with Gasteiger partial charge in [0, 0.05) is 36.5 Å². The first-order valence-electron chi connectivity index (χ1n) is 10.8. The largest absolute Gasteiger partial charge is 0.494 e. The van der Waals surface area contributed by atoms with Crippen molar-refractivity contribution in [3.63, 3.8) is 0 Å². The minimum absolute atomic E-state index is 0.00467. The predicted octanol–water partition coefficient (Wildman–Crippen LogP) is 1.86. The summed E-state index contributed by atoms with van der Waals surface area (Å²) in [6, 6.07) is 4.64. The average molecular weight is 430 g/mol. The molecule has 2 heterocycles. The normalized spacial score (nSPS) is 16.5. The maximum absolute atomic E-state index is 12.1. The van der Waals surface area contributed by atoms with Crippen molar-refractivity contribution in [2.24, 2.45) is 0 Å². The van der Waals surface area contributed by atoms with E-state index in [4.69, 9.17) is 0 Å². The summed E-state index contributed by atoms with van der Waals surface area (Å²) in [6.45, 7) is 8.18. The standard InChI is InChI=1S/C22H31N5O4/c1-3-26(4-2)11-5-10-23-22(31)24-13-15-6-7-17-16(12-15)14-27(21(17)30)18-8-9-19(28)25-20(18)29/h6-7,12,14,18,30H,3-5,8-11,13H2,1-2H3,(H2,23,24,31)(H,25,28,29). The summed E-state index contributed by atoms with van der Waals surface area (Å²) in [5, 5.41) is 19.9. The van der Waals surface area contributed by atoms with Gasteiger partial charge in [0.1, 0.15) is 6.04 Å². The molecule has 31 heavy (non-hydrogen) atoms. The fourth-order valence-corrected chi connectivity index (χ4v) is 3.86. The molecule has 1 aliphatic heterocycles. The number of carbonyl (C=O) groups excluding carboxylic acids is 3. The first-order valence-corrected chi connectivity index (χ1v) is 10.8. The highest BCUT2D eigenvalue weighted by Gasteiger charge is 2.30. The summed E-state index contributed by atoms with van der Waals surface area (Å²) in [7, 11) is 0. The molecule has 9 nitrogen and oxygen atoms in total. The van der Waals surface area contributed by atoms with Crippen molar-refractivity contribution < 1.29 is 19.5 Å². The number of piperidine rings is 1. The minimum atomic E-state index is -0.617. The monoisotopic (exact) mass is 429 g/mol. The Bertz CT molecular complexity index is 951. The van der Waals surface area contributed by atoms with Crippen molar-refractivity contribution in [2.75, 3.05) is 26.2 Å². The summed E-state index contributed by atoms with van der Waals surface area (Å²) >= 11 is 0. The van der Waals surface area contributed by atoms with Crippen LogP contribution in [0.25, 0.3) is 10.8 Å². The molecule has 9 heteroatoms. The highest BCUT2D eigenvalue weighted by molar-refractivity contribution is 6.00. The van der Waals surface area contributed by atoms with Gasteiger partial charge in [0.05, 0.1) is 0 Å². The molecule has 1 saturated heterocycles. The molecule has 1 aromatic heterocycles. The van der Waals surface area contributed by atoms with Gasteiger partial charge in [0.15, 0.2) is 5.88 Å². The molecule has 4 N–H and O–H groups in total. The van der Waals surface area contributed by atoms with Gasteiger partial charge in [-0.25, -0.2) is 4.79 Å². The maximum Gasteiger partial charge on any atom is 0.315 e. The van der Waals surface area contributed by atoms with E-state index in [2.05, 4.69) is 34.7 Å². The highest BCUT2D eigenvalue weighted by atomic mass is 16.3. The molecular formula is C22H31N5O4. The fraction of sp³-hybridized carbons (Fsp3) is 0.500.